The lowest BCUT2D eigenvalue weighted by Crippen LogP contribution is -2.36. The van der Waals surface area contributed by atoms with Crippen LogP contribution in [-0.4, -0.2) is 28.9 Å². The number of esters is 1. The fourth-order valence-corrected chi connectivity index (χ4v) is 1.68. The van der Waals surface area contributed by atoms with Gasteiger partial charge in [0.25, 0.3) is 0 Å². The van der Waals surface area contributed by atoms with Crippen LogP contribution in [0.4, 0.5) is 13.2 Å². The lowest BCUT2D eigenvalue weighted by atomic mass is 10.2. The summed E-state index contributed by atoms with van der Waals surface area (Å²) < 4.78 is 43.7. The normalized spacial score (nSPS) is 13.4. The molecule has 0 bridgehead atoms. The number of aryl methyl sites for hydroxylation is 1. The summed E-state index contributed by atoms with van der Waals surface area (Å²) in [4.78, 5) is 11.3. The summed E-state index contributed by atoms with van der Waals surface area (Å²) in [5.41, 5.74) is -0.945. The highest BCUT2D eigenvalue weighted by Gasteiger charge is 2.36. The number of carbonyl (C=O) groups excluding carboxylic acids is 1. The van der Waals surface area contributed by atoms with E-state index in [1.54, 1.807) is 6.92 Å². The predicted octanol–water partition coefficient (Wildman–Crippen LogP) is 1.48. The van der Waals surface area contributed by atoms with E-state index in [4.69, 9.17) is 0 Å². The zero-order valence-corrected chi connectivity index (χ0v) is 10.9. The SMILES string of the molecule is CCC(NCc1cn(C)nc1C(F)(F)F)C(=O)OC. The second kappa shape index (κ2) is 6.05. The predicted molar refractivity (Wildman–Crippen MR) is 61.1 cm³/mol. The van der Waals surface area contributed by atoms with Gasteiger partial charge in [0.1, 0.15) is 6.04 Å². The number of hydrogen-bond donors (Lipinski definition) is 1. The highest BCUT2D eigenvalue weighted by molar-refractivity contribution is 5.75. The van der Waals surface area contributed by atoms with E-state index in [9.17, 15) is 18.0 Å². The lowest BCUT2D eigenvalue weighted by Gasteiger charge is -2.14. The summed E-state index contributed by atoms with van der Waals surface area (Å²) >= 11 is 0. The molecule has 5 nitrogen and oxygen atoms in total. The van der Waals surface area contributed by atoms with Crippen molar-refractivity contribution < 1.29 is 22.7 Å². The minimum absolute atomic E-state index is 0.00245. The fraction of sp³-hybridized carbons (Fsp3) is 0.636. The smallest absolute Gasteiger partial charge is 0.435 e. The Kier molecular flexibility index (Phi) is 4.93. The van der Waals surface area contributed by atoms with Gasteiger partial charge in [0.2, 0.25) is 0 Å². The Morgan fingerprint density at radius 2 is 2.21 bits per heavy atom. The molecule has 0 aliphatic heterocycles. The molecule has 1 unspecified atom stereocenters. The zero-order chi connectivity index (χ0) is 14.6. The summed E-state index contributed by atoms with van der Waals surface area (Å²) in [5, 5.41) is 6.12. The van der Waals surface area contributed by atoms with E-state index in [0.717, 1.165) is 4.68 Å². The fourth-order valence-electron chi connectivity index (χ4n) is 1.68. The van der Waals surface area contributed by atoms with Crippen LogP contribution in [0.15, 0.2) is 6.20 Å². The first-order valence-corrected chi connectivity index (χ1v) is 5.70. The minimum Gasteiger partial charge on any atom is -0.468 e. The van der Waals surface area contributed by atoms with E-state index in [-0.39, 0.29) is 12.1 Å². The van der Waals surface area contributed by atoms with Gasteiger partial charge < -0.3 is 10.1 Å². The maximum absolute atomic E-state index is 12.7. The first-order valence-electron chi connectivity index (χ1n) is 5.70. The van der Waals surface area contributed by atoms with Gasteiger partial charge in [-0.2, -0.15) is 18.3 Å². The van der Waals surface area contributed by atoms with Crippen LogP contribution in [0.3, 0.4) is 0 Å². The molecule has 0 spiro atoms. The van der Waals surface area contributed by atoms with Gasteiger partial charge in [0.05, 0.1) is 7.11 Å². The highest BCUT2D eigenvalue weighted by Crippen LogP contribution is 2.30. The molecule has 0 aliphatic carbocycles. The van der Waals surface area contributed by atoms with Gasteiger partial charge in [-0.1, -0.05) is 6.92 Å². The summed E-state index contributed by atoms with van der Waals surface area (Å²) in [7, 11) is 2.65. The Balaban J connectivity index is 2.80. The Labute approximate surface area is 108 Å². The molecule has 108 valence electrons. The van der Waals surface area contributed by atoms with E-state index in [2.05, 4.69) is 15.2 Å². The largest absolute Gasteiger partial charge is 0.468 e. The number of alkyl halides is 3. The van der Waals surface area contributed by atoms with Crippen LogP contribution in [0.5, 0.6) is 0 Å². The molecule has 0 radical (unpaired) electrons. The summed E-state index contributed by atoms with van der Waals surface area (Å²) in [6, 6.07) is -0.633. The summed E-state index contributed by atoms with van der Waals surface area (Å²) in [5.74, 6) is -0.500. The molecular formula is C11H16F3N3O2. The van der Waals surface area contributed by atoms with E-state index < -0.39 is 23.9 Å². The number of methoxy groups -OCH3 is 1. The summed E-state index contributed by atoms with van der Waals surface area (Å²) in [6.45, 7) is 1.64. The number of halogens is 3. The van der Waals surface area contributed by atoms with Crippen LogP contribution in [0, 0.1) is 0 Å². The van der Waals surface area contributed by atoms with Crippen molar-refractivity contribution >= 4 is 5.97 Å². The maximum Gasteiger partial charge on any atom is 0.435 e. The molecule has 0 saturated carbocycles. The molecule has 1 rings (SSSR count). The highest BCUT2D eigenvalue weighted by atomic mass is 19.4. The number of nitrogens with zero attached hydrogens (tertiary/aromatic N) is 2. The number of ether oxygens (including phenoxy) is 1. The van der Waals surface area contributed by atoms with Crippen LogP contribution < -0.4 is 5.32 Å². The quantitative estimate of drug-likeness (QED) is 0.829. The van der Waals surface area contributed by atoms with Gasteiger partial charge in [0.15, 0.2) is 5.69 Å². The number of carbonyl (C=O) groups is 1. The monoisotopic (exact) mass is 279 g/mol. The van der Waals surface area contributed by atoms with Crippen LogP contribution in [0.2, 0.25) is 0 Å². The molecule has 19 heavy (non-hydrogen) atoms. The first-order chi connectivity index (χ1) is 8.79. The standard InChI is InChI=1S/C11H16F3N3O2/c1-4-8(10(18)19-3)15-5-7-6-17(2)16-9(7)11(12,13)14/h6,8,15H,4-5H2,1-3H3. The third-order valence-electron chi connectivity index (χ3n) is 2.61. The molecule has 0 aromatic carbocycles. The van der Waals surface area contributed by atoms with E-state index in [1.165, 1.54) is 20.4 Å². The minimum atomic E-state index is -4.51. The molecule has 1 N–H and O–H groups in total. The van der Waals surface area contributed by atoms with Crippen molar-refractivity contribution in [2.24, 2.45) is 7.05 Å². The van der Waals surface area contributed by atoms with Crippen molar-refractivity contribution in [3.05, 3.63) is 17.5 Å². The Morgan fingerprint density at radius 3 is 2.68 bits per heavy atom. The second-order valence-electron chi connectivity index (χ2n) is 4.04. The topological polar surface area (TPSA) is 56.2 Å². The molecule has 8 heteroatoms. The van der Waals surface area contributed by atoms with Gasteiger partial charge in [-0.25, -0.2) is 0 Å². The average Bonchev–Trinajstić information content (AvgIpc) is 2.70. The van der Waals surface area contributed by atoms with Gasteiger partial charge in [-0.05, 0) is 6.42 Å². The van der Waals surface area contributed by atoms with Crippen LogP contribution >= 0.6 is 0 Å². The molecule has 0 aliphatic rings. The van der Waals surface area contributed by atoms with Crippen molar-refractivity contribution in [2.75, 3.05) is 7.11 Å². The van der Waals surface area contributed by atoms with Gasteiger partial charge in [0, 0.05) is 25.4 Å². The van der Waals surface area contributed by atoms with E-state index in [0.29, 0.717) is 6.42 Å². The lowest BCUT2D eigenvalue weighted by molar-refractivity contribution is -0.143. The molecule has 0 amide bonds. The number of aromatic nitrogens is 2. The van der Waals surface area contributed by atoms with Crippen LogP contribution in [-0.2, 0) is 29.3 Å². The Bertz CT molecular complexity index is 443. The van der Waals surface area contributed by atoms with Crippen molar-refractivity contribution in [2.45, 2.75) is 32.1 Å². The van der Waals surface area contributed by atoms with Crippen molar-refractivity contribution in [1.29, 1.82) is 0 Å². The number of hydrogen-bond acceptors (Lipinski definition) is 4. The number of nitrogens with one attached hydrogen (secondary N) is 1. The summed E-state index contributed by atoms with van der Waals surface area (Å²) in [6.07, 6.45) is -2.81. The van der Waals surface area contributed by atoms with Crippen molar-refractivity contribution in [1.82, 2.24) is 15.1 Å². The third kappa shape index (κ3) is 3.95. The van der Waals surface area contributed by atoms with E-state index in [1.807, 2.05) is 0 Å². The second-order valence-corrected chi connectivity index (χ2v) is 4.04. The third-order valence-corrected chi connectivity index (χ3v) is 2.61. The van der Waals surface area contributed by atoms with Crippen molar-refractivity contribution in [3.8, 4) is 0 Å². The molecule has 0 fully saturated rings. The zero-order valence-electron chi connectivity index (χ0n) is 10.9. The molecular weight excluding hydrogens is 263 g/mol. The van der Waals surface area contributed by atoms with Crippen molar-refractivity contribution in [3.63, 3.8) is 0 Å². The Hall–Kier alpha value is -1.57. The molecule has 1 atom stereocenters. The van der Waals surface area contributed by atoms with Gasteiger partial charge in [-0.15, -0.1) is 0 Å². The average molecular weight is 279 g/mol. The first kappa shape index (κ1) is 15.5. The number of rotatable bonds is 5. The Morgan fingerprint density at radius 1 is 1.58 bits per heavy atom. The van der Waals surface area contributed by atoms with Crippen LogP contribution in [0.25, 0.3) is 0 Å². The molecule has 1 aromatic heterocycles. The molecule has 0 saturated heterocycles. The van der Waals surface area contributed by atoms with Gasteiger partial charge >= 0.3 is 12.1 Å². The van der Waals surface area contributed by atoms with Gasteiger partial charge in [-0.3, -0.25) is 9.48 Å². The maximum atomic E-state index is 12.7. The molecule has 1 heterocycles. The van der Waals surface area contributed by atoms with E-state index >= 15 is 0 Å². The van der Waals surface area contributed by atoms with Crippen LogP contribution in [0.1, 0.15) is 24.6 Å². The molecule has 1 aromatic rings.